The molecule has 1 aliphatic heterocycles. The number of carbonyl (C=O) groups excluding carboxylic acids is 2. The molecule has 0 spiro atoms. The standard InChI is InChI=1S/C25H26N4O4/c1-32-21-11-9-20(10-12-21)29-15-18(14-22(29)30)24(31)26-19-8-4-7-17(13-19)23-27-25(33-28-23)16-5-2-3-6-16/h4,7-13,16,18H,2-3,5-6,14-15H2,1H3,(H,26,31). The monoisotopic (exact) mass is 446 g/mol. The van der Waals surface area contributed by atoms with Gasteiger partial charge in [-0.1, -0.05) is 30.1 Å². The molecule has 0 bridgehead atoms. The van der Waals surface area contributed by atoms with Crippen molar-refractivity contribution in [1.29, 1.82) is 0 Å². The summed E-state index contributed by atoms with van der Waals surface area (Å²) in [4.78, 5) is 31.7. The van der Waals surface area contributed by atoms with E-state index in [2.05, 4.69) is 15.5 Å². The van der Waals surface area contributed by atoms with Crippen LogP contribution in [0.1, 0.15) is 43.9 Å². The predicted molar refractivity (Wildman–Crippen MR) is 123 cm³/mol. The molecule has 8 heteroatoms. The fourth-order valence-electron chi connectivity index (χ4n) is 4.57. The number of anilines is 2. The van der Waals surface area contributed by atoms with Crippen LogP contribution in [0.3, 0.4) is 0 Å². The van der Waals surface area contributed by atoms with Gasteiger partial charge in [-0.15, -0.1) is 0 Å². The minimum atomic E-state index is -0.428. The molecule has 1 saturated carbocycles. The average molecular weight is 447 g/mol. The quantitative estimate of drug-likeness (QED) is 0.603. The van der Waals surface area contributed by atoms with Gasteiger partial charge in [0.1, 0.15) is 5.75 Å². The number of rotatable bonds is 6. The molecule has 1 saturated heterocycles. The van der Waals surface area contributed by atoms with Gasteiger partial charge in [0.15, 0.2) is 0 Å². The van der Waals surface area contributed by atoms with Crippen LogP contribution in [0.5, 0.6) is 5.75 Å². The summed E-state index contributed by atoms with van der Waals surface area (Å²) in [5.74, 6) is 1.60. The maximum Gasteiger partial charge on any atom is 0.230 e. The highest BCUT2D eigenvalue weighted by molar-refractivity contribution is 6.03. The molecule has 2 heterocycles. The Hall–Kier alpha value is -3.68. The summed E-state index contributed by atoms with van der Waals surface area (Å²) in [6.07, 6.45) is 4.75. The summed E-state index contributed by atoms with van der Waals surface area (Å²) in [6.45, 7) is 0.340. The summed E-state index contributed by atoms with van der Waals surface area (Å²) in [7, 11) is 1.60. The highest BCUT2D eigenvalue weighted by Crippen LogP contribution is 2.34. The number of hydrogen-bond acceptors (Lipinski definition) is 6. The zero-order valence-corrected chi connectivity index (χ0v) is 18.5. The van der Waals surface area contributed by atoms with Crippen molar-refractivity contribution in [1.82, 2.24) is 10.1 Å². The summed E-state index contributed by atoms with van der Waals surface area (Å²) >= 11 is 0. The fraction of sp³-hybridized carbons (Fsp3) is 0.360. The second kappa shape index (κ2) is 9.05. The number of nitrogens with zero attached hydrogens (tertiary/aromatic N) is 3. The molecular weight excluding hydrogens is 420 g/mol. The normalized spacial score (nSPS) is 18.6. The Labute approximate surface area is 191 Å². The molecule has 1 aliphatic carbocycles. The van der Waals surface area contributed by atoms with Gasteiger partial charge < -0.3 is 19.5 Å². The number of amides is 2. The van der Waals surface area contributed by atoms with Crippen molar-refractivity contribution in [2.75, 3.05) is 23.9 Å². The minimum Gasteiger partial charge on any atom is -0.497 e. The number of hydrogen-bond donors (Lipinski definition) is 1. The van der Waals surface area contributed by atoms with Gasteiger partial charge in [-0.2, -0.15) is 4.98 Å². The number of methoxy groups -OCH3 is 1. The van der Waals surface area contributed by atoms with E-state index in [0.717, 1.165) is 29.8 Å². The Bertz CT molecular complexity index is 1150. The van der Waals surface area contributed by atoms with Gasteiger partial charge in [0.05, 0.1) is 13.0 Å². The topological polar surface area (TPSA) is 97.6 Å². The third-order valence-corrected chi connectivity index (χ3v) is 6.41. The molecule has 2 aromatic carbocycles. The summed E-state index contributed by atoms with van der Waals surface area (Å²) in [5.41, 5.74) is 2.18. The van der Waals surface area contributed by atoms with Crippen LogP contribution in [0.15, 0.2) is 53.1 Å². The van der Waals surface area contributed by atoms with E-state index in [1.54, 1.807) is 24.1 Å². The lowest BCUT2D eigenvalue weighted by Crippen LogP contribution is -2.28. The largest absolute Gasteiger partial charge is 0.497 e. The van der Waals surface area contributed by atoms with Gasteiger partial charge in [0, 0.05) is 35.8 Å². The molecule has 8 nitrogen and oxygen atoms in total. The van der Waals surface area contributed by atoms with Crippen LogP contribution in [-0.4, -0.2) is 35.6 Å². The lowest BCUT2D eigenvalue weighted by Gasteiger charge is -2.17. The molecule has 3 aromatic rings. The summed E-state index contributed by atoms with van der Waals surface area (Å²) in [6, 6.07) is 14.6. The Morgan fingerprint density at radius 1 is 1.15 bits per heavy atom. The van der Waals surface area contributed by atoms with E-state index in [1.165, 1.54) is 12.8 Å². The van der Waals surface area contributed by atoms with Crippen molar-refractivity contribution in [2.24, 2.45) is 5.92 Å². The fourth-order valence-corrected chi connectivity index (χ4v) is 4.57. The van der Waals surface area contributed by atoms with Crippen LogP contribution in [0.25, 0.3) is 11.4 Å². The molecule has 1 unspecified atom stereocenters. The second-order valence-electron chi connectivity index (χ2n) is 8.61. The van der Waals surface area contributed by atoms with E-state index < -0.39 is 5.92 Å². The van der Waals surface area contributed by atoms with Gasteiger partial charge in [-0.3, -0.25) is 9.59 Å². The van der Waals surface area contributed by atoms with Gasteiger partial charge >= 0.3 is 0 Å². The van der Waals surface area contributed by atoms with Crippen LogP contribution in [0, 0.1) is 5.92 Å². The van der Waals surface area contributed by atoms with Crippen molar-refractivity contribution in [3.63, 3.8) is 0 Å². The number of carbonyl (C=O) groups is 2. The molecule has 33 heavy (non-hydrogen) atoms. The lowest BCUT2D eigenvalue weighted by atomic mass is 10.1. The molecule has 5 rings (SSSR count). The minimum absolute atomic E-state index is 0.0692. The molecule has 1 atom stereocenters. The smallest absolute Gasteiger partial charge is 0.230 e. The molecule has 2 aliphatic rings. The Morgan fingerprint density at radius 3 is 2.70 bits per heavy atom. The van der Waals surface area contributed by atoms with Crippen molar-refractivity contribution < 1.29 is 18.8 Å². The average Bonchev–Trinajstić information content (AvgIpc) is 3.60. The van der Waals surface area contributed by atoms with Crippen LogP contribution in [0.2, 0.25) is 0 Å². The van der Waals surface area contributed by atoms with Gasteiger partial charge in [0.25, 0.3) is 0 Å². The SMILES string of the molecule is COc1ccc(N2CC(C(=O)Nc3cccc(-c4noc(C5CCCC5)n4)c3)CC2=O)cc1. The maximum atomic E-state index is 12.9. The zero-order chi connectivity index (χ0) is 22.8. The van der Waals surface area contributed by atoms with Crippen LogP contribution < -0.4 is 15.0 Å². The Morgan fingerprint density at radius 2 is 1.94 bits per heavy atom. The number of aromatic nitrogens is 2. The number of ether oxygens (including phenoxy) is 1. The van der Waals surface area contributed by atoms with Crippen LogP contribution in [-0.2, 0) is 9.59 Å². The van der Waals surface area contributed by atoms with E-state index in [-0.39, 0.29) is 18.2 Å². The molecule has 1 N–H and O–H groups in total. The predicted octanol–water partition coefficient (Wildman–Crippen LogP) is 4.39. The molecular formula is C25H26N4O4. The third kappa shape index (κ3) is 4.46. The first kappa shape index (κ1) is 21.2. The maximum absolute atomic E-state index is 12.9. The molecule has 170 valence electrons. The summed E-state index contributed by atoms with van der Waals surface area (Å²) in [5, 5.41) is 7.08. The van der Waals surface area contributed by atoms with Crippen LogP contribution in [0.4, 0.5) is 11.4 Å². The second-order valence-corrected chi connectivity index (χ2v) is 8.61. The van der Waals surface area contributed by atoms with E-state index >= 15 is 0 Å². The lowest BCUT2D eigenvalue weighted by molar-refractivity contribution is -0.122. The first-order valence-electron chi connectivity index (χ1n) is 11.3. The van der Waals surface area contributed by atoms with E-state index in [1.807, 2.05) is 36.4 Å². The van der Waals surface area contributed by atoms with Crippen molar-refractivity contribution in [3.8, 4) is 17.1 Å². The molecule has 0 radical (unpaired) electrons. The highest BCUT2D eigenvalue weighted by Gasteiger charge is 2.35. The van der Waals surface area contributed by atoms with E-state index in [4.69, 9.17) is 9.26 Å². The van der Waals surface area contributed by atoms with Crippen molar-refractivity contribution >= 4 is 23.2 Å². The van der Waals surface area contributed by atoms with Gasteiger partial charge in [-0.25, -0.2) is 0 Å². The van der Waals surface area contributed by atoms with E-state index in [0.29, 0.717) is 29.9 Å². The van der Waals surface area contributed by atoms with Crippen LogP contribution >= 0.6 is 0 Å². The Balaban J connectivity index is 1.25. The van der Waals surface area contributed by atoms with Crippen molar-refractivity contribution in [2.45, 2.75) is 38.0 Å². The Kier molecular flexibility index (Phi) is 5.81. The van der Waals surface area contributed by atoms with Crippen molar-refractivity contribution in [3.05, 3.63) is 54.4 Å². The summed E-state index contributed by atoms with van der Waals surface area (Å²) < 4.78 is 10.7. The number of nitrogens with one attached hydrogen (secondary N) is 1. The van der Waals surface area contributed by atoms with Gasteiger partial charge in [-0.05, 0) is 49.2 Å². The molecule has 2 amide bonds. The number of benzene rings is 2. The first-order chi connectivity index (χ1) is 16.1. The molecule has 1 aromatic heterocycles. The molecule has 2 fully saturated rings. The highest BCUT2D eigenvalue weighted by atomic mass is 16.5. The van der Waals surface area contributed by atoms with E-state index in [9.17, 15) is 9.59 Å². The first-order valence-corrected chi connectivity index (χ1v) is 11.3. The zero-order valence-electron chi connectivity index (χ0n) is 18.5. The van der Waals surface area contributed by atoms with Gasteiger partial charge in [0.2, 0.25) is 23.5 Å². The third-order valence-electron chi connectivity index (χ3n) is 6.41.